The molecule has 0 aliphatic carbocycles. The second-order valence-electron chi connectivity index (χ2n) is 4.99. The van der Waals surface area contributed by atoms with Gasteiger partial charge in [0, 0.05) is 5.56 Å². The van der Waals surface area contributed by atoms with Crippen molar-refractivity contribution in [3.63, 3.8) is 0 Å². The summed E-state index contributed by atoms with van der Waals surface area (Å²) in [6, 6.07) is 7.78. The molecule has 0 radical (unpaired) electrons. The van der Waals surface area contributed by atoms with Gasteiger partial charge in [-0.3, -0.25) is 4.79 Å². The molecule has 0 aliphatic heterocycles. The fourth-order valence-corrected chi connectivity index (χ4v) is 2.25. The van der Waals surface area contributed by atoms with Gasteiger partial charge in [-0.15, -0.1) is 11.8 Å². The van der Waals surface area contributed by atoms with Gasteiger partial charge >= 0.3 is 5.97 Å². The molecule has 1 aromatic carbocycles. The van der Waals surface area contributed by atoms with Crippen LogP contribution in [0.4, 0.5) is 0 Å². The smallest absolute Gasteiger partial charge is 0.319 e. The average molecular weight is 292 g/mol. The number of hydrogen-bond acceptors (Lipinski definition) is 5. The van der Waals surface area contributed by atoms with Crippen LogP contribution in [0.1, 0.15) is 25.2 Å². The molecule has 1 aromatic heterocycles. The van der Waals surface area contributed by atoms with E-state index >= 15 is 0 Å². The molecule has 1 heterocycles. The molecule has 20 heavy (non-hydrogen) atoms. The minimum absolute atomic E-state index is 0.397. The highest BCUT2D eigenvalue weighted by molar-refractivity contribution is 8.00. The van der Waals surface area contributed by atoms with Crippen LogP contribution >= 0.6 is 11.8 Å². The molecule has 106 valence electrons. The lowest BCUT2D eigenvalue weighted by Gasteiger charge is -2.16. The molecule has 0 amide bonds. The first kappa shape index (κ1) is 14.6. The zero-order valence-corrected chi connectivity index (χ0v) is 12.4. The Morgan fingerprint density at radius 1 is 1.45 bits per heavy atom. The van der Waals surface area contributed by atoms with Crippen LogP contribution in [-0.2, 0) is 10.5 Å². The third-order valence-electron chi connectivity index (χ3n) is 2.81. The molecule has 0 spiro atoms. The Morgan fingerprint density at radius 3 is 2.85 bits per heavy atom. The summed E-state index contributed by atoms with van der Waals surface area (Å²) in [6.45, 7) is 5.30. The number of aliphatic carboxylic acids is 1. The van der Waals surface area contributed by atoms with Crippen LogP contribution in [0, 0.1) is 6.92 Å². The summed E-state index contributed by atoms with van der Waals surface area (Å²) in [5, 5.41) is 12.9. The third-order valence-corrected chi connectivity index (χ3v) is 4.11. The van der Waals surface area contributed by atoms with Gasteiger partial charge in [-0.05, 0) is 32.9 Å². The molecule has 0 fully saturated rings. The van der Waals surface area contributed by atoms with Crippen LogP contribution in [-0.4, -0.2) is 26.0 Å². The van der Waals surface area contributed by atoms with Crippen molar-refractivity contribution in [1.29, 1.82) is 0 Å². The van der Waals surface area contributed by atoms with Gasteiger partial charge in [0.05, 0.1) is 5.75 Å². The maximum atomic E-state index is 11.0. The second-order valence-corrected chi connectivity index (χ2v) is 6.59. The lowest BCUT2D eigenvalue weighted by Crippen LogP contribution is -2.27. The molecular weight excluding hydrogens is 276 g/mol. The first-order valence-electron chi connectivity index (χ1n) is 6.15. The maximum Gasteiger partial charge on any atom is 0.319 e. The normalized spacial score (nSPS) is 11.6. The highest BCUT2D eigenvalue weighted by Crippen LogP contribution is 2.28. The Morgan fingerprint density at radius 2 is 2.20 bits per heavy atom. The van der Waals surface area contributed by atoms with Crippen molar-refractivity contribution in [2.45, 2.75) is 31.3 Å². The number of aromatic nitrogens is 2. The Labute approximate surface area is 121 Å². The van der Waals surface area contributed by atoms with E-state index in [1.54, 1.807) is 13.8 Å². The lowest BCUT2D eigenvalue weighted by atomic mass is 10.1. The molecule has 2 aromatic rings. The fraction of sp³-hybridized carbons (Fsp3) is 0.357. The Bertz CT molecular complexity index is 622. The first-order chi connectivity index (χ1) is 9.38. The topological polar surface area (TPSA) is 76.2 Å². The van der Waals surface area contributed by atoms with E-state index in [-0.39, 0.29) is 0 Å². The average Bonchev–Trinajstić information content (AvgIpc) is 2.85. The SMILES string of the molecule is Cc1cccc(-c2nc(CSC(C)(C)C(=O)O)no2)c1. The van der Waals surface area contributed by atoms with Gasteiger partial charge in [0.1, 0.15) is 4.75 Å². The number of hydrogen-bond donors (Lipinski definition) is 1. The number of aryl methyl sites for hydroxylation is 1. The van der Waals surface area contributed by atoms with E-state index in [1.165, 1.54) is 11.8 Å². The number of nitrogens with zero attached hydrogens (tertiary/aromatic N) is 2. The molecule has 1 N–H and O–H groups in total. The van der Waals surface area contributed by atoms with Crippen LogP contribution in [0.2, 0.25) is 0 Å². The standard InChI is InChI=1S/C14H16N2O3S/c1-9-5-4-6-10(7-9)12-15-11(16-19-12)8-20-14(2,3)13(17)18/h4-7H,8H2,1-3H3,(H,17,18). The lowest BCUT2D eigenvalue weighted by molar-refractivity contribution is -0.138. The summed E-state index contributed by atoms with van der Waals surface area (Å²) in [5.41, 5.74) is 1.98. The van der Waals surface area contributed by atoms with Crippen molar-refractivity contribution < 1.29 is 14.4 Å². The van der Waals surface area contributed by atoms with Gasteiger partial charge in [0.15, 0.2) is 5.82 Å². The van der Waals surface area contributed by atoms with Gasteiger partial charge in [-0.1, -0.05) is 22.9 Å². The molecule has 0 saturated carbocycles. The number of benzene rings is 1. The summed E-state index contributed by atoms with van der Waals surface area (Å²) in [6.07, 6.45) is 0. The highest BCUT2D eigenvalue weighted by atomic mass is 32.2. The Hall–Kier alpha value is -1.82. The quantitative estimate of drug-likeness (QED) is 0.912. The molecule has 0 bridgehead atoms. The van der Waals surface area contributed by atoms with Crippen molar-refractivity contribution in [3.05, 3.63) is 35.7 Å². The van der Waals surface area contributed by atoms with Gasteiger partial charge in [0.2, 0.25) is 0 Å². The fourth-order valence-electron chi connectivity index (χ4n) is 1.51. The van der Waals surface area contributed by atoms with E-state index in [2.05, 4.69) is 10.1 Å². The van der Waals surface area contributed by atoms with Crippen LogP contribution in [0.15, 0.2) is 28.8 Å². The second kappa shape index (κ2) is 5.66. The van der Waals surface area contributed by atoms with Crippen molar-refractivity contribution in [2.75, 3.05) is 0 Å². The summed E-state index contributed by atoms with van der Waals surface area (Å²) in [7, 11) is 0. The third kappa shape index (κ3) is 3.39. The van der Waals surface area contributed by atoms with Gasteiger partial charge in [-0.25, -0.2) is 0 Å². The van der Waals surface area contributed by atoms with E-state index in [0.717, 1.165) is 11.1 Å². The van der Waals surface area contributed by atoms with Crippen LogP contribution in [0.3, 0.4) is 0 Å². The molecule has 6 heteroatoms. The summed E-state index contributed by atoms with van der Waals surface area (Å²) in [5.74, 6) is 0.498. The highest BCUT2D eigenvalue weighted by Gasteiger charge is 2.28. The van der Waals surface area contributed by atoms with E-state index < -0.39 is 10.7 Å². The van der Waals surface area contributed by atoms with Crippen molar-refractivity contribution in [1.82, 2.24) is 10.1 Å². The molecule has 0 atom stereocenters. The first-order valence-corrected chi connectivity index (χ1v) is 7.14. The predicted octanol–water partition coefficient (Wildman–Crippen LogP) is 3.14. The van der Waals surface area contributed by atoms with E-state index in [0.29, 0.717) is 17.5 Å². The number of carbonyl (C=O) groups is 1. The van der Waals surface area contributed by atoms with E-state index in [9.17, 15) is 4.79 Å². The van der Waals surface area contributed by atoms with Gasteiger partial charge in [0.25, 0.3) is 5.89 Å². The molecule has 5 nitrogen and oxygen atoms in total. The van der Waals surface area contributed by atoms with Crippen molar-refractivity contribution >= 4 is 17.7 Å². The monoisotopic (exact) mass is 292 g/mol. The van der Waals surface area contributed by atoms with Crippen LogP contribution < -0.4 is 0 Å². The molecular formula is C14H16N2O3S. The minimum atomic E-state index is -0.871. The van der Waals surface area contributed by atoms with Gasteiger partial charge < -0.3 is 9.63 Å². The Balaban J connectivity index is 2.08. The number of rotatable bonds is 5. The van der Waals surface area contributed by atoms with E-state index in [4.69, 9.17) is 9.63 Å². The summed E-state index contributed by atoms with van der Waals surface area (Å²) >= 11 is 1.27. The minimum Gasteiger partial charge on any atom is -0.480 e. The summed E-state index contributed by atoms with van der Waals surface area (Å²) in [4.78, 5) is 15.3. The van der Waals surface area contributed by atoms with Crippen molar-refractivity contribution in [3.8, 4) is 11.5 Å². The Kier molecular flexibility index (Phi) is 4.13. The van der Waals surface area contributed by atoms with Crippen LogP contribution in [0.5, 0.6) is 0 Å². The van der Waals surface area contributed by atoms with E-state index in [1.807, 2.05) is 31.2 Å². The number of thioether (sulfide) groups is 1. The summed E-state index contributed by atoms with van der Waals surface area (Å²) < 4.78 is 4.34. The zero-order chi connectivity index (χ0) is 14.8. The zero-order valence-electron chi connectivity index (χ0n) is 11.6. The number of carboxylic acid groups (broad SMARTS) is 1. The maximum absolute atomic E-state index is 11.0. The molecule has 2 rings (SSSR count). The van der Waals surface area contributed by atoms with Crippen molar-refractivity contribution in [2.24, 2.45) is 0 Å². The van der Waals surface area contributed by atoms with Gasteiger partial charge in [-0.2, -0.15) is 4.98 Å². The predicted molar refractivity (Wildman–Crippen MR) is 77.5 cm³/mol. The largest absolute Gasteiger partial charge is 0.480 e. The number of carboxylic acids is 1. The molecule has 0 aliphatic rings. The molecule has 0 saturated heterocycles. The van der Waals surface area contributed by atoms with Crippen LogP contribution in [0.25, 0.3) is 11.5 Å². The molecule has 0 unspecified atom stereocenters.